The molecule has 0 aromatic heterocycles. The predicted molar refractivity (Wildman–Crippen MR) is 49.4 cm³/mol. The summed E-state index contributed by atoms with van der Waals surface area (Å²) in [4.78, 5) is 0. The molecule has 0 bridgehead atoms. The van der Waals surface area contributed by atoms with E-state index >= 15 is 0 Å². The van der Waals surface area contributed by atoms with E-state index in [0.29, 0.717) is 12.0 Å². The molecule has 1 aromatic rings. The van der Waals surface area contributed by atoms with Crippen molar-refractivity contribution < 1.29 is 8.78 Å². The lowest BCUT2D eigenvalue weighted by Gasteiger charge is -2.13. The smallest absolute Gasteiger partial charge is 0.197 e. The summed E-state index contributed by atoms with van der Waals surface area (Å²) in [7, 11) is 1.56. The largest absolute Gasteiger partial charge is 0.284 e. The molecular formula is C9H11F2P. The van der Waals surface area contributed by atoms with Crippen molar-refractivity contribution >= 4 is 9.24 Å². The fourth-order valence-corrected chi connectivity index (χ4v) is 1.44. The quantitative estimate of drug-likeness (QED) is 0.625. The van der Waals surface area contributed by atoms with Gasteiger partial charge in [-0.05, 0) is 12.0 Å². The van der Waals surface area contributed by atoms with Crippen molar-refractivity contribution in [3.8, 4) is 0 Å². The molecular weight excluding hydrogens is 177 g/mol. The number of benzene rings is 1. The molecule has 0 aliphatic carbocycles. The van der Waals surface area contributed by atoms with E-state index in [9.17, 15) is 8.78 Å². The van der Waals surface area contributed by atoms with Crippen LogP contribution in [0.5, 0.6) is 0 Å². The zero-order valence-corrected chi connectivity index (χ0v) is 8.00. The summed E-state index contributed by atoms with van der Waals surface area (Å²) in [6, 6.07) is 6.60. The third-order valence-corrected chi connectivity index (χ3v) is 2.07. The van der Waals surface area contributed by atoms with Gasteiger partial charge in [0, 0.05) is 5.56 Å². The first-order valence-corrected chi connectivity index (χ1v) is 4.38. The van der Waals surface area contributed by atoms with E-state index in [1.165, 1.54) is 6.07 Å². The summed E-state index contributed by atoms with van der Waals surface area (Å²) in [6.07, 6.45) is 0.639. The molecule has 1 aromatic carbocycles. The number of rotatable bonds is 2. The molecule has 0 aliphatic rings. The summed E-state index contributed by atoms with van der Waals surface area (Å²) in [6.45, 7) is 1.87. The normalized spacial score (nSPS) is 11.7. The van der Waals surface area contributed by atoms with E-state index in [2.05, 4.69) is 0 Å². The summed E-state index contributed by atoms with van der Waals surface area (Å²) < 4.78 is 25.7. The highest BCUT2D eigenvalue weighted by atomic mass is 31.0. The lowest BCUT2D eigenvalue weighted by atomic mass is 10.1. The Morgan fingerprint density at radius 3 is 2.33 bits per heavy atom. The van der Waals surface area contributed by atoms with E-state index in [4.69, 9.17) is 0 Å². The number of alkyl halides is 2. The van der Waals surface area contributed by atoms with Gasteiger partial charge in [0.25, 0.3) is 5.66 Å². The number of hydrogen-bond acceptors (Lipinski definition) is 0. The van der Waals surface area contributed by atoms with Crippen LogP contribution in [-0.2, 0) is 12.1 Å². The van der Waals surface area contributed by atoms with Crippen molar-refractivity contribution in [3.05, 3.63) is 35.4 Å². The van der Waals surface area contributed by atoms with Gasteiger partial charge in [0.05, 0.1) is 0 Å². The average molecular weight is 188 g/mol. The van der Waals surface area contributed by atoms with Gasteiger partial charge in [0.15, 0.2) is 0 Å². The van der Waals surface area contributed by atoms with Crippen molar-refractivity contribution in [2.75, 3.05) is 0 Å². The van der Waals surface area contributed by atoms with Gasteiger partial charge < -0.3 is 0 Å². The van der Waals surface area contributed by atoms with Crippen molar-refractivity contribution in [2.24, 2.45) is 0 Å². The first kappa shape index (κ1) is 9.60. The monoisotopic (exact) mass is 188 g/mol. The first-order valence-electron chi connectivity index (χ1n) is 3.80. The maximum Gasteiger partial charge on any atom is 0.284 e. The van der Waals surface area contributed by atoms with E-state index in [-0.39, 0.29) is 5.56 Å². The molecule has 0 radical (unpaired) electrons. The molecule has 1 rings (SSSR count). The van der Waals surface area contributed by atoms with Gasteiger partial charge >= 0.3 is 0 Å². The second-order valence-electron chi connectivity index (χ2n) is 2.63. The molecule has 12 heavy (non-hydrogen) atoms. The van der Waals surface area contributed by atoms with E-state index in [1.54, 1.807) is 27.4 Å². The fraction of sp³-hybridized carbons (Fsp3) is 0.333. The van der Waals surface area contributed by atoms with Crippen LogP contribution in [0.25, 0.3) is 0 Å². The van der Waals surface area contributed by atoms with Crippen molar-refractivity contribution in [1.29, 1.82) is 0 Å². The molecule has 66 valence electrons. The van der Waals surface area contributed by atoms with Gasteiger partial charge in [-0.3, -0.25) is 0 Å². The molecule has 0 saturated heterocycles. The van der Waals surface area contributed by atoms with Crippen LogP contribution >= 0.6 is 9.24 Å². The maximum absolute atomic E-state index is 12.9. The lowest BCUT2D eigenvalue weighted by Crippen LogP contribution is -2.05. The highest BCUT2D eigenvalue weighted by molar-refractivity contribution is 7.17. The zero-order valence-electron chi connectivity index (χ0n) is 6.85. The van der Waals surface area contributed by atoms with Crippen LogP contribution in [0.15, 0.2) is 24.3 Å². The molecule has 0 N–H and O–H groups in total. The summed E-state index contributed by atoms with van der Waals surface area (Å²) in [5, 5.41) is 0. The van der Waals surface area contributed by atoms with Crippen LogP contribution < -0.4 is 0 Å². The minimum Gasteiger partial charge on any atom is -0.197 e. The highest BCUT2D eigenvalue weighted by Crippen LogP contribution is 2.36. The Hall–Kier alpha value is -0.490. The Morgan fingerprint density at radius 2 is 1.92 bits per heavy atom. The Balaban J connectivity index is 3.14. The molecule has 1 unspecified atom stereocenters. The standard InChI is InChI=1S/C9H11F2P/c1-2-7-5-3-4-6-8(7)9(10,11)12/h3-6H,2,12H2,1H3. The topological polar surface area (TPSA) is 0 Å². The number of hydrogen-bond donors (Lipinski definition) is 0. The third-order valence-electron chi connectivity index (χ3n) is 1.76. The molecule has 0 spiro atoms. The minimum absolute atomic E-state index is 0.109. The second-order valence-corrected chi connectivity index (χ2v) is 3.36. The zero-order chi connectivity index (χ0) is 9.19. The number of aryl methyl sites for hydroxylation is 1. The van der Waals surface area contributed by atoms with Crippen LogP contribution in [0, 0.1) is 0 Å². The summed E-state index contributed by atoms with van der Waals surface area (Å²) in [5.41, 5.74) is -1.98. The van der Waals surface area contributed by atoms with Gasteiger partial charge in [-0.15, -0.1) is 0 Å². The summed E-state index contributed by atoms with van der Waals surface area (Å²) in [5.74, 6) is 0. The van der Waals surface area contributed by atoms with Crippen molar-refractivity contribution in [3.63, 3.8) is 0 Å². The molecule has 0 nitrogen and oxygen atoms in total. The minimum atomic E-state index is -2.80. The van der Waals surface area contributed by atoms with Crippen molar-refractivity contribution in [1.82, 2.24) is 0 Å². The maximum atomic E-state index is 12.9. The molecule has 0 saturated carbocycles. The van der Waals surface area contributed by atoms with Gasteiger partial charge in [0.2, 0.25) is 0 Å². The van der Waals surface area contributed by atoms with E-state index in [0.717, 1.165) is 0 Å². The lowest BCUT2D eigenvalue weighted by molar-refractivity contribution is 0.103. The fourth-order valence-electron chi connectivity index (χ4n) is 1.15. The Bertz CT molecular complexity index is 265. The van der Waals surface area contributed by atoms with Crippen LogP contribution in [0.4, 0.5) is 8.78 Å². The molecule has 1 atom stereocenters. The van der Waals surface area contributed by atoms with E-state index < -0.39 is 5.66 Å². The molecule has 0 fully saturated rings. The van der Waals surface area contributed by atoms with Gasteiger partial charge in [0.1, 0.15) is 0 Å². The molecule has 0 amide bonds. The van der Waals surface area contributed by atoms with Crippen LogP contribution in [0.3, 0.4) is 0 Å². The van der Waals surface area contributed by atoms with Gasteiger partial charge in [-0.2, -0.15) is 8.78 Å². The van der Waals surface area contributed by atoms with Gasteiger partial charge in [-0.1, -0.05) is 40.4 Å². The SMILES string of the molecule is CCc1ccccc1C(F)(F)P. The molecule has 3 heteroatoms. The predicted octanol–water partition coefficient (Wildman–Crippen LogP) is 3.17. The average Bonchev–Trinajstić information content (AvgIpc) is 2.03. The Morgan fingerprint density at radius 1 is 1.33 bits per heavy atom. The van der Waals surface area contributed by atoms with E-state index in [1.807, 2.05) is 6.92 Å². The van der Waals surface area contributed by atoms with Crippen LogP contribution in [0.1, 0.15) is 18.1 Å². The summed E-state index contributed by atoms with van der Waals surface area (Å²) >= 11 is 0. The van der Waals surface area contributed by atoms with Gasteiger partial charge in [-0.25, -0.2) is 0 Å². The Kier molecular flexibility index (Phi) is 2.79. The first-order chi connectivity index (χ1) is 5.55. The van der Waals surface area contributed by atoms with Crippen LogP contribution in [0.2, 0.25) is 0 Å². The molecule has 0 heterocycles. The third kappa shape index (κ3) is 2.01. The number of halogens is 2. The van der Waals surface area contributed by atoms with Crippen molar-refractivity contribution in [2.45, 2.75) is 19.0 Å². The second kappa shape index (κ2) is 3.49. The highest BCUT2D eigenvalue weighted by Gasteiger charge is 2.26. The Labute approximate surface area is 73.2 Å². The molecule has 0 aliphatic heterocycles. The van der Waals surface area contributed by atoms with Crippen LogP contribution in [-0.4, -0.2) is 0 Å².